The Morgan fingerprint density at radius 1 is 1.13 bits per heavy atom. The Morgan fingerprint density at radius 3 is 2.26 bits per heavy atom. The van der Waals surface area contributed by atoms with Crippen LogP contribution in [0.15, 0.2) is 0 Å². The second-order valence-corrected chi connectivity index (χ2v) is 6.27. The monoisotopic (exact) mass is 325 g/mol. The molecule has 7 heteroatoms. The van der Waals surface area contributed by atoms with Crippen LogP contribution >= 0.6 is 0 Å². The summed E-state index contributed by atoms with van der Waals surface area (Å²) in [5.41, 5.74) is 0. The number of nitrogens with one attached hydrogen (secondary N) is 1. The average Bonchev–Trinajstić information content (AvgIpc) is 3.09. The standard InChI is InChI=1S/C16H27N3O4/c1-17-16(22)15(12-5-3-4-6-12)19-9-7-18(8-10-19)13(20)11-14(21)23-2/h12,15H,3-11H2,1-2H3,(H,17,22). The van der Waals surface area contributed by atoms with Crippen LogP contribution in [0.5, 0.6) is 0 Å². The van der Waals surface area contributed by atoms with Crippen LogP contribution in [0.1, 0.15) is 32.1 Å². The first-order valence-corrected chi connectivity index (χ1v) is 8.37. The number of nitrogens with zero attached hydrogens (tertiary/aromatic N) is 2. The summed E-state index contributed by atoms with van der Waals surface area (Å²) in [6.45, 7) is 2.44. The molecule has 1 aliphatic carbocycles. The summed E-state index contributed by atoms with van der Waals surface area (Å²) in [6.07, 6.45) is 4.36. The van der Waals surface area contributed by atoms with Gasteiger partial charge < -0.3 is 15.0 Å². The van der Waals surface area contributed by atoms with Gasteiger partial charge in [0.2, 0.25) is 11.8 Å². The number of carbonyl (C=O) groups excluding carboxylic acids is 3. The number of piperazine rings is 1. The van der Waals surface area contributed by atoms with E-state index in [9.17, 15) is 14.4 Å². The lowest BCUT2D eigenvalue weighted by atomic mass is 9.95. The third-order valence-electron chi connectivity index (χ3n) is 4.94. The second-order valence-electron chi connectivity index (χ2n) is 6.27. The maximum atomic E-state index is 12.3. The van der Waals surface area contributed by atoms with Crippen molar-refractivity contribution in [1.29, 1.82) is 0 Å². The molecule has 2 rings (SSSR count). The highest BCUT2D eigenvalue weighted by atomic mass is 16.5. The van der Waals surface area contributed by atoms with Gasteiger partial charge in [0.15, 0.2) is 0 Å². The fourth-order valence-electron chi connectivity index (χ4n) is 3.66. The first-order valence-electron chi connectivity index (χ1n) is 8.37. The molecule has 130 valence electrons. The summed E-state index contributed by atoms with van der Waals surface area (Å²) in [6, 6.07) is -0.0969. The molecule has 1 saturated heterocycles. The zero-order chi connectivity index (χ0) is 16.8. The van der Waals surface area contributed by atoms with Crippen LogP contribution in [-0.2, 0) is 19.1 Å². The summed E-state index contributed by atoms with van der Waals surface area (Å²) < 4.78 is 4.53. The van der Waals surface area contributed by atoms with Crippen LogP contribution in [0.4, 0.5) is 0 Å². The second kappa shape index (κ2) is 8.29. The highest BCUT2D eigenvalue weighted by Gasteiger charge is 2.36. The van der Waals surface area contributed by atoms with E-state index in [4.69, 9.17) is 0 Å². The highest BCUT2D eigenvalue weighted by Crippen LogP contribution is 2.31. The van der Waals surface area contributed by atoms with Crippen molar-refractivity contribution in [1.82, 2.24) is 15.1 Å². The quantitative estimate of drug-likeness (QED) is 0.568. The summed E-state index contributed by atoms with van der Waals surface area (Å²) >= 11 is 0. The van der Waals surface area contributed by atoms with E-state index in [1.165, 1.54) is 20.0 Å². The SMILES string of the molecule is CNC(=O)C(C1CCCC1)N1CCN(C(=O)CC(=O)OC)CC1. The zero-order valence-corrected chi connectivity index (χ0v) is 14.0. The smallest absolute Gasteiger partial charge is 0.315 e. The molecule has 0 spiro atoms. The predicted molar refractivity (Wildman–Crippen MR) is 84.6 cm³/mol. The van der Waals surface area contributed by atoms with Crippen molar-refractivity contribution in [3.8, 4) is 0 Å². The molecule has 1 heterocycles. The molecule has 2 amide bonds. The van der Waals surface area contributed by atoms with Crippen molar-refractivity contribution in [2.75, 3.05) is 40.3 Å². The Labute approximate surface area is 137 Å². The molecule has 1 N–H and O–H groups in total. The number of methoxy groups -OCH3 is 1. The number of hydrogen-bond acceptors (Lipinski definition) is 5. The number of rotatable bonds is 5. The third-order valence-corrected chi connectivity index (χ3v) is 4.94. The van der Waals surface area contributed by atoms with Crippen LogP contribution in [0.2, 0.25) is 0 Å². The van der Waals surface area contributed by atoms with Gasteiger partial charge in [-0.2, -0.15) is 0 Å². The molecule has 0 aromatic heterocycles. The maximum absolute atomic E-state index is 12.3. The van der Waals surface area contributed by atoms with Crippen molar-refractivity contribution in [2.45, 2.75) is 38.1 Å². The van der Waals surface area contributed by atoms with E-state index in [1.54, 1.807) is 11.9 Å². The largest absolute Gasteiger partial charge is 0.469 e. The summed E-state index contributed by atoms with van der Waals surface area (Å²) in [5.74, 6) is -0.223. The third kappa shape index (κ3) is 4.43. The molecular formula is C16H27N3O4. The van der Waals surface area contributed by atoms with Gasteiger partial charge in [0, 0.05) is 33.2 Å². The van der Waals surface area contributed by atoms with Crippen LogP contribution in [0.3, 0.4) is 0 Å². The van der Waals surface area contributed by atoms with E-state index < -0.39 is 5.97 Å². The van der Waals surface area contributed by atoms with Crippen LogP contribution in [0, 0.1) is 5.92 Å². The summed E-state index contributed by atoms with van der Waals surface area (Å²) in [5, 5.41) is 2.78. The Morgan fingerprint density at radius 2 is 1.74 bits per heavy atom. The van der Waals surface area contributed by atoms with Crippen molar-refractivity contribution >= 4 is 17.8 Å². The van der Waals surface area contributed by atoms with Crippen molar-refractivity contribution in [3.05, 3.63) is 0 Å². The Hall–Kier alpha value is -1.63. The molecule has 0 aromatic rings. The first kappa shape index (κ1) is 17.7. The van der Waals surface area contributed by atoms with Crippen LogP contribution in [0.25, 0.3) is 0 Å². The molecule has 1 atom stereocenters. The van der Waals surface area contributed by atoms with Crippen molar-refractivity contribution in [3.63, 3.8) is 0 Å². The number of hydrogen-bond donors (Lipinski definition) is 1. The summed E-state index contributed by atoms with van der Waals surface area (Å²) in [4.78, 5) is 39.4. The minimum Gasteiger partial charge on any atom is -0.469 e. The first-order chi connectivity index (χ1) is 11.1. The number of amides is 2. The minimum absolute atomic E-state index is 0.0752. The molecule has 2 aliphatic rings. The fourth-order valence-corrected chi connectivity index (χ4v) is 3.66. The van der Waals surface area contributed by atoms with Crippen LogP contribution < -0.4 is 5.32 Å². The van der Waals surface area contributed by atoms with Gasteiger partial charge in [0.25, 0.3) is 0 Å². The fraction of sp³-hybridized carbons (Fsp3) is 0.812. The summed E-state index contributed by atoms with van der Waals surface area (Å²) in [7, 11) is 2.96. The molecule has 2 fully saturated rings. The normalized spacial score (nSPS) is 21.0. The number of esters is 1. The average molecular weight is 325 g/mol. The van der Waals surface area contributed by atoms with Gasteiger partial charge >= 0.3 is 5.97 Å². The molecule has 1 aliphatic heterocycles. The van der Waals surface area contributed by atoms with E-state index in [0.717, 1.165) is 12.8 Å². The molecule has 1 unspecified atom stereocenters. The lowest BCUT2D eigenvalue weighted by Gasteiger charge is -2.40. The molecule has 0 aromatic carbocycles. The molecule has 0 bridgehead atoms. The highest BCUT2D eigenvalue weighted by molar-refractivity contribution is 5.94. The zero-order valence-electron chi connectivity index (χ0n) is 14.0. The lowest BCUT2D eigenvalue weighted by molar-refractivity contribution is -0.147. The molecule has 0 radical (unpaired) electrons. The van der Waals surface area contributed by atoms with E-state index in [0.29, 0.717) is 32.1 Å². The van der Waals surface area contributed by atoms with Gasteiger partial charge in [-0.05, 0) is 18.8 Å². The molecule has 23 heavy (non-hydrogen) atoms. The van der Waals surface area contributed by atoms with Crippen molar-refractivity contribution < 1.29 is 19.1 Å². The maximum Gasteiger partial charge on any atom is 0.315 e. The Kier molecular flexibility index (Phi) is 6.38. The molecule has 7 nitrogen and oxygen atoms in total. The van der Waals surface area contributed by atoms with Gasteiger partial charge in [-0.15, -0.1) is 0 Å². The van der Waals surface area contributed by atoms with E-state index in [1.807, 2.05) is 0 Å². The lowest BCUT2D eigenvalue weighted by Crippen LogP contribution is -2.57. The number of carbonyl (C=O) groups is 3. The minimum atomic E-state index is -0.508. The Balaban J connectivity index is 1.91. The van der Waals surface area contributed by atoms with E-state index in [2.05, 4.69) is 15.0 Å². The number of ether oxygens (including phenoxy) is 1. The van der Waals surface area contributed by atoms with Gasteiger partial charge in [0.1, 0.15) is 6.42 Å². The topological polar surface area (TPSA) is 79.0 Å². The van der Waals surface area contributed by atoms with Crippen LogP contribution in [-0.4, -0.2) is 74.0 Å². The van der Waals surface area contributed by atoms with E-state index >= 15 is 0 Å². The van der Waals surface area contributed by atoms with Gasteiger partial charge in [-0.1, -0.05) is 12.8 Å². The van der Waals surface area contributed by atoms with Crippen molar-refractivity contribution in [2.24, 2.45) is 5.92 Å². The number of likely N-dealkylation sites (N-methyl/N-ethyl adjacent to an activating group) is 1. The predicted octanol–water partition coefficient (Wildman–Crippen LogP) is -0.00150. The molecular weight excluding hydrogens is 298 g/mol. The van der Waals surface area contributed by atoms with Gasteiger partial charge in [-0.3, -0.25) is 19.3 Å². The van der Waals surface area contributed by atoms with E-state index in [-0.39, 0.29) is 24.3 Å². The van der Waals surface area contributed by atoms with Gasteiger partial charge in [-0.25, -0.2) is 0 Å². The Bertz CT molecular complexity index is 441. The van der Waals surface area contributed by atoms with Gasteiger partial charge in [0.05, 0.1) is 13.2 Å². The molecule has 1 saturated carbocycles.